The van der Waals surface area contributed by atoms with Crippen molar-refractivity contribution in [3.05, 3.63) is 54.4 Å². The maximum absolute atomic E-state index is 10.9. The Bertz CT molecular complexity index is 825. The molecule has 3 rings (SSSR count). The number of hydrogen-bond acceptors (Lipinski definition) is 3. The van der Waals surface area contributed by atoms with Crippen LogP contribution in [0.4, 0.5) is 0 Å². The topological polar surface area (TPSA) is 55.1 Å². The van der Waals surface area contributed by atoms with Crippen molar-refractivity contribution >= 4 is 28.8 Å². The number of fused-ring (bicyclic) bond motifs is 1. The summed E-state index contributed by atoms with van der Waals surface area (Å²) in [5, 5.41) is 10.1. The number of aromatic carboxylic acids is 1. The Morgan fingerprint density at radius 1 is 1.26 bits per heavy atom. The summed E-state index contributed by atoms with van der Waals surface area (Å²) < 4.78 is 1.97. The summed E-state index contributed by atoms with van der Waals surface area (Å²) in [5.41, 5.74) is 2.07. The van der Waals surface area contributed by atoms with Crippen LogP contribution in [0.15, 0.2) is 53.7 Å². The number of carboxylic acids is 1. The molecule has 2 aromatic heterocycles. The van der Waals surface area contributed by atoms with Gasteiger partial charge in [0.15, 0.2) is 0 Å². The van der Waals surface area contributed by atoms with Gasteiger partial charge >= 0.3 is 5.97 Å². The lowest BCUT2D eigenvalue weighted by molar-refractivity contribution is 0.0697. The van der Waals surface area contributed by atoms with Crippen molar-refractivity contribution in [3.63, 3.8) is 0 Å². The molecule has 0 aliphatic carbocycles. The molecule has 1 N–H and O–H groups in total. The van der Waals surface area contributed by atoms with Gasteiger partial charge in [-0.05, 0) is 48.6 Å². The van der Waals surface area contributed by atoms with Gasteiger partial charge in [-0.15, -0.1) is 11.8 Å². The number of aromatic nitrogens is 2. The minimum Gasteiger partial charge on any atom is -0.478 e. The van der Waals surface area contributed by atoms with Crippen LogP contribution < -0.4 is 0 Å². The number of rotatable bonds is 6. The number of pyridine rings is 1. The number of carboxylic acid groups (broad SMARTS) is 1. The van der Waals surface area contributed by atoms with E-state index < -0.39 is 5.97 Å². The van der Waals surface area contributed by atoms with Crippen molar-refractivity contribution in [2.75, 3.05) is 5.75 Å². The molecule has 1 aromatic carbocycles. The van der Waals surface area contributed by atoms with Crippen LogP contribution in [0, 0.1) is 0 Å². The quantitative estimate of drug-likeness (QED) is 0.530. The first-order valence-electron chi connectivity index (χ1n) is 7.62. The molecule has 0 saturated heterocycles. The van der Waals surface area contributed by atoms with Crippen LogP contribution in [0.2, 0.25) is 0 Å². The van der Waals surface area contributed by atoms with Crippen molar-refractivity contribution in [2.24, 2.45) is 0 Å². The lowest BCUT2D eigenvalue weighted by Crippen LogP contribution is -1.98. The van der Waals surface area contributed by atoms with Crippen molar-refractivity contribution < 1.29 is 9.90 Å². The Morgan fingerprint density at radius 2 is 2.04 bits per heavy atom. The lowest BCUT2D eigenvalue weighted by Gasteiger charge is -2.06. The summed E-state index contributed by atoms with van der Waals surface area (Å²) in [5.74, 6) is 0.196. The maximum atomic E-state index is 10.9. The third-order valence-electron chi connectivity index (χ3n) is 3.66. The first kappa shape index (κ1) is 15.6. The fraction of sp³-hybridized carbons (Fsp3) is 0.222. The molecular weight excluding hydrogens is 308 g/mol. The summed E-state index contributed by atoms with van der Waals surface area (Å²) in [6.45, 7) is 2.19. The molecule has 0 atom stereocenters. The Hall–Kier alpha value is -2.27. The monoisotopic (exact) mass is 326 g/mol. The molecule has 0 bridgehead atoms. The largest absolute Gasteiger partial charge is 0.478 e. The van der Waals surface area contributed by atoms with E-state index in [4.69, 9.17) is 5.11 Å². The molecule has 0 aliphatic heterocycles. The molecule has 2 heterocycles. The van der Waals surface area contributed by atoms with Crippen LogP contribution in [-0.4, -0.2) is 26.4 Å². The van der Waals surface area contributed by atoms with Crippen LogP contribution in [0.3, 0.4) is 0 Å². The number of carbonyl (C=O) groups is 1. The average molecular weight is 326 g/mol. The Kier molecular flexibility index (Phi) is 4.67. The zero-order chi connectivity index (χ0) is 16.2. The molecule has 3 aromatic rings. The highest BCUT2D eigenvalue weighted by molar-refractivity contribution is 7.99. The summed E-state index contributed by atoms with van der Waals surface area (Å²) >= 11 is 1.83. The van der Waals surface area contributed by atoms with E-state index in [1.165, 1.54) is 17.7 Å². The second-order valence-corrected chi connectivity index (χ2v) is 6.49. The van der Waals surface area contributed by atoms with E-state index >= 15 is 0 Å². The first-order chi connectivity index (χ1) is 11.2. The Morgan fingerprint density at radius 3 is 2.74 bits per heavy atom. The molecule has 118 valence electrons. The predicted octanol–water partition coefficient (Wildman–Crippen LogP) is 4.62. The molecular formula is C18H18N2O2S. The molecule has 4 nitrogen and oxygen atoms in total. The van der Waals surface area contributed by atoms with E-state index in [1.807, 2.05) is 34.8 Å². The second kappa shape index (κ2) is 6.87. The number of nitrogens with zero attached hydrogens (tertiary/aromatic N) is 2. The Labute approximate surface area is 139 Å². The smallest absolute Gasteiger partial charge is 0.335 e. The van der Waals surface area contributed by atoms with Crippen LogP contribution in [0.5, 0.6) is 0 Å². The minimum atomic E-state index is -0.916. The maximum Gasteiger partial charge on any atom is 0.335 e. The number of hydrogen-bond donors (Lipinski definition) is 1. The number of unbranched alkanes of at least 4 members (excludes halogenated alkanes) is 1. The number of thioether (sulfide) groups is 1. The highest BCUT2D eigenvalue weighted by atomic mass is 32.2. The third-order valence-corrected chi connectivity index (χ3v) is 4.71. The molecule has 23 heavy (non-hydrogen) atoms. The molecule has 0 spiro atoms. The van der Waals surface area contributed by atoms with Crippen LogP contribution in [0.1, 0.15) is 30.1 Å². The predicted molar refractivity (Wildman–Crippen MR) is 93.7 cm³/mol. The molecule has 0 radical (unpaired) electrons. The average Bonchev–Trinajstić information content (AvgIpc) is 2.98. The van der Waals surface area contributed by atoms with Crippen LogP contribution in [-0.2, 0) is 0 Å². The van der Waals surface area contributed by atoms with Gasteiger partial charge in [-0.3, -0.25) is 0 Å². The van der Waals surface area contributed by atoms with E-state index in [0.717, 1.165) is 22.5 Å². The van der Waals surface area contributed by atoms with Gasteiger partial charge in [0.1, 0.15) is 5.65 Å². The van der Waals surface area contributed by atoms with Gasteiger partial charge in [-0.25, -0.2) is 9.78 Å². The third kappa shape index (κ3) is 3.40. The number of benzene rings is 1. The first-order valence-corrected chi connectivity index (χ1v) is 8.61. The van der Waals surface area contributed by atoms with Gasteiger partial charge in [0.25, 0.3) is 0 Å². The fourth-order valence-corrected chi connectivity index (χ4v) is 3.40. The minimum absolute atomic E-state index is 0.285. The highest BCUT2D eigenvalue weighted by Gasteiger charge is 2.07. The van der Waals surface area contributed by atoms with Crippen molar-refractivity contribution in [2.45, 2.75) is 24.7 Å². The Balaban J connectivity index is 1.88. The zero-order valence-corrected chi connectivity index (χ0v) is 13.7. The fourth-order valence-electron chi connectivity index (χ4n) is 2.39. The van der Waals surface area contributed by atoms with Gasteiger partial charge in [-0.2, -0.15) is 0 Å². The second-order valence-electron chi connectivity index (χ2n) is 5.32. The van der Waals surface area contributed by atoms with Gasteiger partial charge in [0.05, 0.1) is 5.56 Å². The van der Waals surface area contributed by atoms with E-state index in [9.17, 15) is 4.79 Å². The van der Waals surface area contributed by atoms with Crippen molar-refractivity contribution in [1.82, 2.24) is 9.55 Å². The van der Waals surface area contributed by atoms with Crippen molar-refractivity contribution in [1.29, 1.82) is 0 Å². The summed E-state index contributed by atoms with van der Waals surface area (Å²) in [7, 11) is 0. The molecule has 0 unspecified atom stereocenters. The van der Waals surface area contributed by atoms with Crippen LogP contribution >= 0.6 is 11.8 Å². The van der Waals surface area contributed by atoms with Crippen LogP contribution in [0.25, 0.3) is 16.7 Å². The lowest BCUT2D eigenvalue weighted by atomic mass is 10.2. The summed E-state index contributed by atoms with van der Waals surface area (Å²) in [6, 6.07) is 11.0. The van der Waals surface area contributed by atoms with Gasteiger partial charge < -0.3 is 9.67 Å². The molecule has 0 saturated carbocycles. The molecule has 0 aliphatic rings. The van der Waals surface area contributed by atoms with E-state index in [-0.39, 0.29) is 5.56 Å². The normalized spacial score (nSPS) is 11.0. The van der Waals surface area contributed by atoms with Gasteiger partial charge in [0, 0.05) is 28.4 Å². The van der Waals surface area contributed by atoms with Crippen molar-refractivity contribution in [3.8, 4) is 5.69 Å². The van der Waals surface area contributed by atoms with E-state index in [1.54, 1.807) is 24.3 Å². The standard InChI is InChI=1S/C18H18N2O2S/c1-2-3-10-23-16-11-14-8-9-20(17(14)19-12-16)15-6-4-13(5-7-15)18(21)22/h4-9,11-12H,2-3,10H2,1H3,(H,21,22). The molecule has 0 fully saturated rings. The highest BCUT2D eigenvalue weighted by Crippen LogP contribution is 2.25. The van der Waals surface area contributed by atoms with E-state index in [0.29, 0.717) is 0 Å². The van der Waals surface area contributed by atoms with E-state index in [2.05, 4.69) is 18.0 Å². The summed E-state index contributed by atoms with van der Waals surface area (Å²) in [4.78, 5) is 16.7. The van der Waals surface area contributed by atoms with Gasteiger partial charge in [-0.1, -0.05) is 13.3 Å². The summed E-state index contributed by atoms with van der Waals surface area (Å²) in [6.07, 6.45) is 6.28. The molecule has 0 amide bonds. The SMILES string of the molecule is CCCCSc1cnc2c(ccn2-c2ccc(C(=O)O)cc2)c1. The molecule has 5 heteroatoms. The zero-order valence-electron chi connectivity index (χ0n) is 12.9. The van der Waals surface area contributed by atoms with Gasteiger partial charge in [0.2, 0.25) is 0 Å².